The SMILES string of the molecule is BC1=C(c2nc(C3CC(C)(C)OC(C)(C)C3)ccc2N)C(B)(B)C(B)C(C)(C)C1. The standard InChI is InChI=1S/C22H38B4N2O/c1-19(2)11-13(23)16(22(25,26)18(19)24)17-14(27)7-8-15(28-17)12-9-20(3,4)29-21(5,6)10-12/h7-8,12,18H,9-11,23-27H2,1-6H3. The van der Waals surface area contributed by atoms with Gasteiger partial charge in [0.05, 0.1) is 22.6 Å². The first kappa shape index (κ1) is 22.6. The summed E-state index contributed by atoms with van der Waals surface area (Å²) in [6.45, 7) is 13.6. The van der Waals surface area contributed by atoms with E-state index >= 15 is 0 Å². The molecule has 1 saturated heterocycles. The molecule has 154 valence electrons. The van der Waals surface area contributed by atoms with Crippen molar-refractivity contribution in [3.05, 3.63) is 29.0 Å². The van der Waals surface area contributed by atoms with E-state index in [4.69, 9.17) is 15.5 Å². The number of aromatic nitrogens is 1. The summed E-state index contributed by atoms with van der Waals surface area (Å²) in [6, 6.07) is 4.22. The predicted molar refractivity (Wildman–Crippen MR) is 136 cm³/mol. The quantitative estimate of drug-likeness (QED) is 0.783. The van der Waals surface area contributed by atoms with Gasteiger partial charge in [-0.2, -0.15) is 0 Å². The summed E-state index contributed by atoms with van der Waals surface area (Å²) in [6.07, 6.45) is 3.06. The van der Waals surface area contributed by atoms with Crippen molar-refractivity contribution in [2.24, 2.45) is 5.41 Å². The first-order valence-corrected chi connectivity index (χ1v) is 11.2. The van der Waals surface area contributed by atoms with E-state index in [1.807, 2.05) is 0 Å². The van der Waals surface area contributed by atoms with Gasteiger partial charge in [0.1, 0.15) is 31.4 Å². The minimum atomic E-state index is -0.145. The third-order valence-corrected chi connectivity index (χ3v) is 7.68. The molecule has 1 atom stereocenters. The zero-order valence-corrected chi connectivity index (χ0v) is 20.4. The first-order valence-electron chi connectivity index (χ1n) is 11.2. The Morgan fingerprint density at radius 3 is 2.14 bits per heavy atom. The molecule has 3 nitrogen and oxygen atoms in total. The number of anilines is 1. The molecule has 1 aromatic heterocycles. The molecule has 7 heteroatoms. The van der Waals surface area contributed by atoms with Gasteiger partial charge in [0.2, 0.25) is 0 Å². The van der Waals surface area contributed by atoms with Gasteiger partial charge in [-0.1, -0.05) is 24.9 Å². The highest BCUT2D eigenvalue weighted by Crippen LogP contribution is 2.60. The molecule has 2 heterocycles. The maximum Gasteiger partial charge on any atom is 0.134 e. The lowest BCUT2D eigenvalue weighted by atomic mass is 9.32. The summed E-state index contributed by atoms with van der Waals surface area (Å²) < 4.78 is 6.31. The molecule has 1 fully saturated rings. The van der Waals surface area contributed by atoms with E-state index in [2.05, 4.69) is 85.1 Å². The normalized spacial score (nSPS) is 28.3. The summed E-state index contributed by atoms with van der Waals surface area (Å²) in [7, 11) is 9.40. The third-order valence-electron chi connectivity index (χ3n) is 7.68. The Bertz CT molecular complexity index is 829. The number of hydrogen-bond donors (Lipinski definition) is 1. The van der Waals surface area contributed by atoms with Gasteiger partial charge in [-0.25, -0.2) is 0 Å². The molecule has 0 radical (unpaired) electrons. The van der Waals surface area contributed by atoms with Gasteiger partial charge in [-0.3, -0.25) is 4.98 Å². The van der Waals surface area contributed by atoms with Crippen LogP contribution in [0.4, 0.5) is 5.69 Å². The Hall–Kier alpha value is -1.09. The highest BCUT2D eigenvalue weighted by atomic mass is 16.5. The van der Waals surface area contributed by atoms with Gasteiger partial charge in [-0.05, 0) is 70.1 Å². The van der Waals surface area contributed by atoms with Crippen LogP contribution >= 0.6 is 0 Å². The molecular weight excluding hydrogens is 352 g/mol. The largest absolute Gasteiger partial charge is 0.397 e. The molecule has 29 heavy (non-hydrogen) atoms. The average molecular weight is 390 g/mol. The number of rotatable bonds is 2. The zero-order chi connectivity index (χ0) is 22.0. The van der Waals surface area contributed by atoms with E-state index in [1.165, 1.54) is 11.0 Å². The van der Waals surface area contributed by atoms with Gasteiger partial charge < -0.3 is 10.5 Å². The molecule has 0 bridgehead atoms. The second-order valence-corrected chi connectivity index (χ2v) is 12.2. The summed E-state index contributed by atoms with van der Waals surface area (Å²) in [5, 5.41) is 0.0276. The number of nitrogens with two attached hydrogens (primary N) is 1. The van der Waals surface area contributed by atoms with E-state index in [0.717, 1.165) is 36.3 Å². The third kappa shape index (κ3) is 4.22. The molecule has 2 N–H and O–H groups in total. The monoisotopic (exact) mass is 390 g/mol. The molecule has 1 unspecified atom stereocenters. The van der Waals surface area contributed by atoms with E-state index in [0.29, 0.717) is 11.7 Å². The van der Waals surface area contributed by atoms with Crippen LogP contribution in [-0.2, 0) is 4.74 Å². The van der Waals surface area contributed by atoms with Crippen LogP contribution in [0.25, 0.3) is 5.57 Å². The number of nitrogen functional groups attached to an aromatic ring is 1. The Morgan fingerprint density at radius 2 is 1.59 bits per heavy atom. The predicted octanol–water partition coefficient (Wildman–Crippen LogP) is 1.69. The van der Waals surface area contributed by atoms with Crippen LogP contribution in [0.15, 0.2) is 17.6 Å². The van der Waals surface area contributed by atoms with Gasteiger partial charge in [0, 0.05) is 11.6 Å². The lowest BCUT2D eigenvalue weighted by molar-refractivity contribution is -0.162. The van der Waals surface area contributed by atoms with Crippen LogP contribution in [0.3, 0.4) is 0 Å². The van der Waals surface area contributed by atoms with Crippen LogP contribution in [0.2, 0.25) is 11.0 Å². The molecule has 1 aromatic rings. The topological polar surface area (TPSA) is 48.1 Å². The Balaban J connectivity index is 2.09. The summed E-state index contributed by atoms with van der Waals surface area (Å²) in [4.78, 5) is 5.24. The second kappa shape index (κ2) is 6.97. The summed E-state index contributed by atoms with van der Waals surface area (Å²) >= 11 is 0. The second-order valence-electron chi connectivity index (χ2n) is 12.2. The maximum atomic E-state index is 6.53. The fraction of sp³-hybridized carbons (Fsp3) is 0.682. The smallest absolute Gasteiger partial charge is 0.134 e. The van der Waals surface area contributed by atoms with Crippen LogP contribution in [0.5, 0.6) is 0 Å². The number of ether oxygens (including phenoxy) is 1. The molecule has 0 saturated carbocycles. The minimum absolute atomic E-state index is 0.0276. The van der Waals surface area contributed by atoms with Crippen LogP contribution in [-0.4, -0.2) is 47.6 Å². The van der Waals surface area contributed by atoms with Crippen LogP contribution in [0, 0.1) is 5.41 Å². The van der Waals surface area contributed by atoms with Crippen LogP contribution in [0.1, 0.15) is 78.1 Å². The fourth-order valence-electron chi connectivity index (χ4n) is 6.39. The van der Waals surface area contributed by atoms with Gasteiger partial charge in [-0.15, -0.1) is 5.47 Å². The van der Waals surface area contributed by atoms with Gasteiger partial charge in [0.25, 0.3) is 0 Å². The lowest BCUT2D eigenvalue weighted by Crippen LogP contribution is -2.44. The fourth-order valence-corrected chi connectivity index (χ4v) is 6.39. The highest BCUT2D eigenvalue weighted by Gasteiger charge is 2.45. The van der Waals surface area contributed by atoms with Crippen molar-refractivity contribution in [2.75, 3.05) is 5.73 Å². The maximum absolute atomic E-state index is 6.53. The Morgan fingerprint density at radius 1 is 1.03 bits per heavy atom. The van der Waals surface area contributed by atoms with E-state index in [-0.39, 0.29) is 21.8 Å². The number of allylic oxidation sites excluding steroid dienone is 2. The Labute approximate surface area is 181 Å². The van der Waals surface area contributed by atoms with Gasteiger partial charge in [0.15, 0.2) is 0 Å². The average Bonchev–Trinajstić information content (AvgIpc) is 2.51. The molecule has 0 amide bonds. The van der Waals surface area contributed by atoms with Crippen molar-refractivity contribution in [1.82, 2.24) is 4.98 Å². The van der Waals surface area contributed by atoms with E-state index < -0.39 is 0 Å². The summed E-state index contributed by atoms with van der Waals surface area (Å²) in [5.74, 6) is 0.925. The molecule has 3 rings (SSSR count). The van der Waals surface area contributed by atoms with E-state index in [1.54, 1.807) is 0 Å². The number of nitrogens with zero attached hydrogens (tertiary/aromatic N) is 1. The molecule has 1 aliphatic heterocycles. The van der Waals surface area contributed by atoms with Crippen molar-refractivity contribution in [1.29, 1.82) is 0 Å². The highest BCUT2D eigenvalue weighted by molar-refractivity contribution is 6.52. The van der Waals surface area contributed by atoms with Crippen molar-refractivity contribution < 1.29 is 4.74 Å². The van der Waals surface area contributed by atoms with Gasteiger partial charge >= 0.3 is 0 Å². The number of pyridine rings is 1. The molecular formula is C22H38B4N2O. The molecule has 0 spiro atoms. The molecule has 1 aliphatic carbocycles. The summed E-state index contributed by atoms with van der Waals surface area (Å²) in [5.41, 5.74) is 12.3. The molecule has 2 aliphatic rings. The molecule has 0 aromatic carbocycles. The minimum Gasteiger partial charge on any atom is -0.397 e. The van der Waals surface area contributed by atoms with Crippen molar-refractivity contribution in [2.45, 2.75) is 89.0 Å². The lowest BCUT2D eigenvalue weighted by Gasteiger charge is -2.50. The Kier molecular flexibility index (Phi) is 5.43. The van der Waals surface area contributed by atoms with Crippen molar-refractivity contribution >= 4 is 42.6 Å². The van der Waals surface area contributed by atoms with Crippen LogP contribution < -0.4 is 5.73 Å². The zero-order valence-electron chi connectivity index (χ0n) is 20.4. The number of hydrogen-bond acceptors (Lipinski definition) is 3. The first-order chi connectivity index (χ1) is 13.1. The van der Waals surface area contributed by atoms with Crippen molar-refractivity contribution in [3.8, 4) is 0 Å². The van der Waals surface area contributed by atoms with Crippen molar-refractivity contribution in [3.63, 3.8) is 0 Å². The van der Waals surface area contributed by atoms with E-state index in [9.17, 15) is 0 Å².